The number of hydrogen-bond donors (Lipinski definition) is 1. The Bertz CT molecular complexity index is 1580. The predicted octanol–water partition coefficient (Wildman–Crippen LogP) is 4.46. The molecule has 0 bridgehead atoms. The van der Waals surface area contributed by atoms with Crippen molar-refractivity contribution in [2.45, 2.75) is 58.0 Å². The molecule has 2 aromatic carbocycles. The van der Waals surface area contributed by atoms with Crippen LogP contribution in [0.25, 0.3) is 10.9 Å². The first-order valence-corrected chi connectivity index (χ1v) is 14.0. The third-order valence-corrected chi connectivity index (χ3v) is 8.42. The van der Waals surface area contributed by atoms with Crippen molar-refractivity contribution in [3.63, 3.8) is 0 Å². The molecule has 1 aliphatic heterocycles. The van der Waals surface area contributed by atoms with Crippen LogP contribution in [0.2, 0.25) is 0 Å². The van der Waals surface area contributed by atoms with Crippen molar-refractivity contribution in [3.8, 4) is 0 Å². The van der Waals surface area contributed by atoms with Crippen LogP contribution in [0.1, 0.15) is 66.7 Å². The summed E-state index contributed by atoms with van der Waals surface area (Å²) >= 11 is 0. The Balaban J connectivity index is 1.37. The maximum Gasteiger partial charge on any atom is 0.269 e. The van der Waals surface area contributed by atoms with Crippen molar-refractivity contribution in [1.82, 2.24) is 30.1 Å². The summed E-state index contributed by atoms with van der Waals surface area (Å²) in [6.45, 7) is 6.89. The van der Waals surface area contributed by atoms with Gasteiger partial charge in [0.1, 0.15) is 6.04 Å². The number of benzene rings is 2. The summed E-state index contributed by atoms with van der Waals surface area (Å²) < 4.78 is 1.97. The predicted molar refractivity (Wildman–Crippen MR) is 153 cm³/mol. The summed E-state index contributed by atoms with van der Waals surface area (Å²) in [6.07, 6.45) is 5.59. The van der Waals surface area contributed by atoms with Gasteiger partial charge in [-0.3, -0.25) is 19.8 Å². The monoisotopic (exact) mass is 542 g/mol. The van der Waals surface area contributed by atoms with Crippen molar-refractivity contribution >= 4 is 22.3 Å². The average molecular weight is 543 g/mol. The van der Waals surface area contributed by atoms with Crippen LogP contribution in [0.5, 0.6) is 0 Å². The van der Waals surface area contributed by atoms with Gasteiger partial charge in [-0.15, -0.1) is 5.10 Å². The molecule has 208 valence electrons. The number of pyridine rings is 1. The topological polar surface area (TPSA) is 126 Å². The van der Waals surface area contributed by atoms with Gasteiger partial charge in [-0.2, -0.15) is 0 Å². The zero-order valence-corrected chi connectivity index (χ0v) is 22.9. The highest BCUT2D eigenvalue weighted by Crippen LogP contribution is 2.34. The van der Waals surface area contributed by atoms with Crippen molar-refractivity contribution in [2.24, 2.45) is 0 Å². The minimum Gasteiger partial charge on any atom is -0.369 e. The number of piperazine rings is 1. The third kappa shape index (κ3) is 4.97. The number of non-ortho nitro benzene ring substituents is 1. The Kier molecular flexibility index (Phi) is 7.05. The Labute approximate surface area is 231 Å². The van der Waals surface area contributed by atoms with E-state index in [0.29, 0.717) is 37.6 Å². The molecule has 0 amide bonds. The van der Waals surface area contributed by atoms with Crippen molar-refractivity contribution in [2.75, 3.05) is 31.1 Å². The van der Waals surface area contributed by atoms with Crippen LogP contribution in [-0.2, 0) is 0 Å². The SMILES string of the molecule is Cc1cc(C)c2cc(C(c3nnnn3C3CCCCC3)N3CCN(c4ccc([N+](=O)[O-])cc4)CC3)c(=O)[nH]c2c1. The molecule has 11 heteroatoms. The molecular weight excluding hydrogens is 508 g/mol. The van der Waals surface area contributed by atoms with E-state index in [0.717, 1.165) is 53.4 Å². The van der Waals surface area contributed by atoms with Gasteiger partial charge in [0.05, 0.1) is 11.0 Å². The minimum absolute atomic E-state index is 0.0815. The largest absolute Gasteiger partial charge is 0.369 e. The molecule has 2 aromatic heterocycles. The second kappa shape index (κ2) is 10.8. The number of nitrogens with zero attached hydrogens (tertiary/aromatic N) is 7. The number of nitro groups is 1. The van der Waals surface area contributed by atoms with Crippen LogP contribution < -0.4 is 10.5 Å². The van der Waals surface area contributed by atoms with Gasteiger partial charge in [0, 0.05) is 60.5 Å². The summed E-state index contributed by atoms with van der Waals surface area (Å²) in [5.74, 6) is 0.713. The molecule has 1 saturated carbocycles. The van der Waals surface area contributed by atoms with Crippen LogP contribution in [0.15, 0.2) is 47.3 Å². The number of H-pyrrole nitrogens is 1. The number of rotatable bonds is 6. The lowest BCUT2D eigenvalue weighted by molar-refractivity contribution is -0.384. The quantitative estimate of drug-likeness (QED) is 0.280. The van der Waals surface area contributed by atoms with Gasteiger partial charge >= 0.3 is 0 Å². The molecule has 2 aliphatic rings. The van der Waals surface area contributed by atoms with Gasteiger partial charge in [0.25, 0.3) is 11.2 Å². The highest BCUT2D eigenvalue weighted by Gasteiger charge is 2.34. The summed E-state index contributed by atoms with van der Waals surface area (Å²) in [4.78, 5) is 32.0. The second-order valence-corrected chi connectivity index (χ2v) is 11.1. The van der Waals surface area contributed by atoms with E-state index in [-0.39, 0.29) is 22.2 Å². The van der Waals surface area contributed by atoms with E-state index in [9.17, 15) is 14.9 Å². The first kappa shape index (κ1) is 26.1. The van der Waals surface area contributed by atoms with E-state index >= 15 is 0 Å². The molecule has 1 saturated heterocycles. The molecule has 4 aromatic rings. The smallest absolute Gasteiger partial charge is 0.269 e. The van der Waals surface area contributed by atoms with Gasteiger partial charge in [0.15, 0.2) is 5.82 Å². The highest BCUT2D eigenvalue weighted by molar-refractivity contribution is 5.83. The van der Waals surface area contributed by atoms with Crippen LogP contribution in [-0.4, -0.2) is 61.2 Å². The fourth-order valence-electron chi connectivity index (χ4n) is 6.38. The Morgan fingerprint density at radius 3 is 2.42 bits per heavy atom. The lowest BCUT2D eigenvalue weighted by Gasteiger charge is -2.40. The maximum atomic E-state index is 13.7. The van der Waals surface area contributed by atoms with E-state index in [4.69, 9.17) is 0 Å². The Morgan fingerprint density at radius 1 is 1.00 bits per heavy atom. The van der Waals surface area contributed by atoms with Gasteiger partial charge in [0.2, 0.25) is 0 Å². The normalized spacial score (nSPS) is 17.8. The number of aromatic amines is 1. The minimum atomic E-state index is -0.398. The van der Waals surface area contributed by atoms with Crippen LogP contribution in [0, 0.1) is 24.0 Å². The second-order valence-electron chi connectivity index (χ2n) is 11.1. The Morgan fingerprint density at radius 2 is 1.73 bits per heavy atom. The summed E-state index contributed by atoms with van der Waals surface area (Å²) in [6, 6.07) is 12.7. The average Bonchev–Trinajstić information content (AvgIpc) is 3.44. The van der Waals surface area contributed by atoms with Crippen LogP contribution in [0.3, 0.4) is 0 Å². The number of hydrogen-bond acceptors (Lipinski definition) is 8. The first-order chi connectivity index (χ1) is 19.4. The first-order valence-electron chi connectivity index (χ1n) is 14.0. The molecule has 11 nitrogen and oxygen atoms in total. The number of anilines is 1. The number of fused-ring (bicyclic) bond motifs is 1. The van der Waals surface area contributed by atoms with E-state index in [1.807, 2.05) is 23.7 Å². The molecule has 40 heavy (non-hydrogen) atoms. The molecule has 1 N–H and O–H groups in total. The van der Waals surface area contributed by atoms with E-state index in [1.54, 1.807) is 24.3 Å². The highest BCUT2D eigenvalue weighted by atomic mass is 16.6. The van der Waals surface area contributed by atoms with Gasteiger partial charge in [-0.1, -0.05) is 25.3 Å². The fourth-order valence-corrected chi connectivity index (χ4v) is 6.38. The molecule has 6 rings (SSSR count). The Hall–Kier alpha value is -4.12. The third-order valence-electron chi connectivity index (χ3n) is 8.42. The van der Waals surface area contributed by atoms with Crippen LogP contribution in [0.4, 0.5) is 11.4 Å². The number of nitrogens with one attached hydrogen (secondary N) is 1. The molecule has 1 unspecified atom stereocenters. The fraction of sp³-hybridized carbons (Fsp3) is 0.448. The zero-order valence-electron chi connectivity index (χ0n) is 22.9. The molecule has 2 fully saturated rings. The van der Waals surface area contributed by atoms with Crippen LogP contribution >= 0.6 is 0 Å². The van der Waals surface area contributed by atoms with E-state index in [1.165, 1.54) is 6.42 Å². The number of aryl methyl sites for hydroxylation is 2. The lowest BCUT2D eigenvalue weighted by atomic mass is 9.94. The number of tetrazole rings is 1. The van der Waals surface area contributed by atoms with Gasteiger partial charge in [-0.05, 0) is 72.5 Å². The molecule has 1 atom stereocenters. The van der Waals surface area contributed by atoms with Gasteiger partial charge < -0.3 is 9.88 Å². The zero-order chi connectivity index (χ0) is 27.8. The summed E-state index contributed by atoms with van der Waals surface area (Å²) in [5.41, 5.74) is 4.60. The maximum absolute atomic E-state index is 13.7. The van der Waals surface area contributed by atoms with Gasteiger partial charge in [-0.25, -0.2) is 4.68 Å². The molecule has 1 aliphatic carbocycles. The summed E-state index contributed by atoms with van der Waals surface area (Å²) in [5, 5.41) is 25.2. The standard InChI is InChI=1S/C29H34N8O3/c1-19-16-20(2)24-18-25(29(38)30-26(24)17-19)27(28-31-32-33-36(28)22-6-4-3-5-7-22)35-14-12-34(13-15-35)21-8-10-23(11-9-21)37(39)40/h8-11,16-18,22,27H,3-7,12-15H2,1-2H3,(H,30,38). The molecular formula is C29H34N8O3. The molecule has 0 radical (unpaired) electrons. The summed E-state index contributed by atoms with van der Waals surface area (Å²) in [7, 11) is 0. The molecule has 0 spiro atoms. The van der Waals surface area contributed by atoms with Crippen molar-refractivity contribution in [1.29, 1.82) is 0 Å². The number of aromatic nitrogens is 5. The van der Waals surface area contributed by atoms with Crippen molar-refractivity contribution < 1.29 is 4.92 Å². The van der Waals surface area contributed by atoms with E-state index in [2.05, 4.69) is 43.3 Å². The molecule has 3 heterocycles. The number of nitro benzene ring substituents is 1. The van der Waals surface area contributed by atoms with Crippen molar-refractivity contribution in [3.05, 3.63) is 85.4 Å². The lowest BCUT2D eigenvalue weighted by Crippen LogP contribution is -2.49. The van der Waals surface area contributed by atoms with E-state index < -0.39 is 6.04 Å².